The van der Waals surface area contributed by atoms with E-state index in [1.54, 1.807) is 32.0 Å². The van der Waals surface area contributed by atoms with E-state index in [-0.39, 0.29) is 13.3 Å². The lowest BCUT2D eigenvalue weighted by atomic mass is 10.00. The average molecular weight is 602 g/mol. The molecule has 214 valence electrons. The van der Waals surface area contributed by atoms with Crippen LogP contribution in [0.5, 0.6) is 0 Å². The Bertz CT molecular complexity index is 1740. The Labute approximate surface area is 252 Å². The van der Waals surface area contributed by atoms with E-state index in [4.69, 9.17) is 30.8 Å². The van der Waals surface area contributed by atoms with E-state index in [1.807, 2.05) is 53.1 Å². The molecule has 11 heteroatoms. The third kappa shape index (κ3) is 6.50. The molecule has 0 spiro atoms. The van der Waals surface area contributed by atoms with Gasteiger partial charge in [-0.15, -0.1) is 11.8 Å². The Balaban J connectivity index is 1.39. The molecule has 0 aliphatic rings. The third-order valence-corrected chi connectivity index (χ3v) is 7.99. The smallest absolute Gasteiger partial charge is 0.341 e. The summed E-state index contributed by atoms with van der Waals surface area (Å²) in [5.74, 6) is 0.720. The quantitative estimate of drug-likeness (QED) is 0.0906. The number of methoxy groups -OCH3 is 1. The molecule has 0 saturated heterocycles. The van der Waals surface area contributed by atoms with Crippen LogP contribution in [0, 0.1) is 11.3 Å². The predicted molar refractivity (Wildman–Crippen MR) is 162 cm³/mol. The van der Waals surface area contributed by atoms with Gasteiger partial charge in [0.2, 0.25) is 5.95 Å². The molecule has 5 aromatic rings. The highest BCUT2D eigenvalue weighted by Gasteiger charge is 2.18. The van der Waals surface area contributed by atoms with E-state index in [9.17, 15) is 10.1 Å². The number of halogens is 1. The standard InChI is InChI=1S/C31H28ClN5O4S/c1-3-41-30(38)24-17-34-37(18-24)31-35-27-15-29(26(32)14-28(27)36(31)20-40-13-12-39-2)42-19-21-8-10-22(11-9-21)25-7-5-4-6-23(25)16-33/h4-11,14-15,17-18H,3,12-13,19-20H2,1-2H3. The Morgan fingerprint density at radius 1 is 1.12 bits per heavy atom. The van der Waals surface area contributed by atoms with Crippen LogP contribution < -0.4 is 0 Å². The first kappa shape index (κ1) is 29.4. The molecule has 0 atom stereocenters. The van der Waals surface area contributed by atoms with Crippen molar-refractivity contribution >= 4 is 40.4 Å². The van der Waals surface area contributed by atoms with Crippen LogP contribution >= 0.6 is 23.4 Å². The number of nitriles is 1. The minimum atomic E-state index is -0.452. The predicted octanol–water partition coefficient (Wildman–Crippen LogP) is 6.50. The SMILES string of the molecule is CCOC(=O)c1cnn(-c2nc3cc(SCc4ccc(-c5ccccc5C#N)cc4)c(Cl)cc3n2COCCOC)c1. The fourth-order valence-electron chi connectivity index (χ4n) is 4.35. The molecular formula is C31H28ClN5O4S. The van der Waals surface area contributed by atoms with E-state index < -0.39 is 5.97 Å². The van der Waals surface area contributed by atoms with Crippen LogP contribution in [0.1, 0.15) is 28.4 Å². The molecular weight excluding hydrogens is 574 g/mol. The van der Waals surface area contributed by atoms with Gasteiger partial charge < -0.3 is 14.2 Å². The summed E-state index contributed by atoms with van der Waals surface area (Å²) in [6.45, 7) is 3.06. The molecule has 3 aromatic carbocycles. The molecule has 0 bridgehead atoms. The second kappa shape index (κ2) is 13.7. The lowest BCUT2D eigenvalue weighted by Crippen LogP contribution is -2.12. The summed E-state index contributed by atoms with van der Waals surface area (Å²) in [5, 5.41) is 14.4. The Hall–Kier alpha value is -4.14. The molecule has 9 nitrogen and oxygen atoms in total. The number of hydrogen-bond donors (Lipinski definition) is 0. The number of thioether (sulfide) groups is 1. The number of nitrogens with zero attached hydrogens (tertiary/aromatic N) is 5. The number of imidazole rings is 1. The molecule has 42 heavy (non-hydrogen) atoms. The van der Waals surface area contributed by atoms with Crippen LogP contribution in [-0.4, -0.2) is 52.2 Å². The molecule has 5 rings (SSSR count). The first-order valence-electron chi connectivity index (χ1n) is 13.2. The number of ether oxygens (including phenoxy) is 3. The average Bonchev–Trinajstić information content (AvgIpc) is 3.64. The van der Waals surface area contributed by atoms with Crippen molar-refractivity contribution in [3.8, 4) is 23.1 Å². The Morgan fingerprint density at radius 3 is 2.69 bits per heavy atom. The second-order valence-electron chi connectivity index (χ2n) is 9.18. The van der Waals surface area contributed by atoms with Gasteiger partial charge in [0.15, 0.2) is 0 Å². The van der Waals surface area contributed by atoms with Gasteiger partial charge in [-0.1, -0.05) is 54.1 Å². The van der Waals surface area contributed by atoms with E-state index in [1.165, 1.54) is 10.9 Å². The summed E-state index contributed by atoms with van der Waals surface area (Å²) >= 11 is 8.37. The van der Waals surface area contributed by atoms with Crippen molar-refractivity contribution in [3.63, 3.8) is 0 Å². The van der Waals surface area contributed by atoms with Gasteiger partial charge in [0, 0.05) is 24.0 Å². The van der Waals surface area contributed by atoms with Crippen molar-refractivity contribution in [2.45, 2.75) is 24.3 Å². The summed E-state index contributed by atoms with van der Waals surface area (Å²) in [5.41, 5.74) is 5.49. The molecule has 2 heterocycles. The van der Waals surface area contributed by atoms with Gasteiger partial charge in [0.05, 0.1) is 59.3 Å². The zero-order chi connectivity index (χ0) is 29.5. The minimum absolute atomic E-state index is 0.188. The number of carbonyl (C=O) groups is 1. The summed E-state index contributed by atoms with van der Waals surface area (Å²) in [7, 11) is 1.61. The monoisotopic (exact) mass is 601 g/mol. The van der Waals surface area contributed by atoms with Gasteiger partial charge in [-0.25, -0.2) is 14.5 Å². The van der Waals surface area contributed by atoms with Crippen LogP contribution in [0.3, 0.4) is 0 Å². The zero-order valence-electron chi connectivity index (χ0n) is 23.1. The zero-order valence-corrected chi connectivity index (χ0v) is 24.7. The summed E-state index contributed by atoms with van der Waals surface area (Å²) in [6.07, 6.45) is 3.03. The lowest BCUT2D eigenvalue weighted by Gasteiger charge is -2.11. The van der Waals surface area contributed by atoms with Gasteiger partial charge in [0.1, 0.15) is 6.73 Å². The normalized spacial score (nSPS) is 11.1. The van der Waals surface area contributed by atoms with Gasteiger partial charge in [-0.2, -0.15) is 10.4 Å². The largest absolute Gasteiger partial charge is 0.462 e. The number of rotatable bonds is 12. The van der Waals surface area contributed by atoms with Crippen molar-refractivity contribution in [1.82, 2.24) is 19.3 Å². The highest BCUT2D eigenvalue weighted by atomic mass is 35.5. The maximum Gasteiger partial charge on any atom is 0.341 e. The van der Waals surface area contributed by atoms with E-state index in [2.05, 4.69) is 23.3 Å². The Morgan fingerprint density at radius 2 is 1.93 bits per heavy atom. The number of hydrogen-bond acceptors (Lipinski definition) is 8. The first-order valence-corrected chi connectivity index (χ1v) is 14.6. The second-order valence-corrected chi connectivity index (χ2v) is 10.6. The molecule has 0 amide bonds. The van der Waals surface area contributed by atoms with Crippen molar-refractivity contribution in [2.75, 3.05) is 26.9 Å². The van der Waals surface area contributed by atoms with Crippen LogP contribution in [-0.2, 0) is 26.7 Å². The molecule has 0 aliphatic carbocycles. The maximum atomic E-state index is 12.2. The highest BCUT2D eigenvalue weighted by molar-refractivity contribution is 7.98. The molecule has 0 N–H and O–H groups in total. The van der Waals surface area contributed by atoms with E-state index in [0.29, 0.717) is 46.6 Å². The van der Waals surface area contributed by atoms with E-state index >= 15 is 0 Å². The van der Waals surface area contributed by atoms with Crippen molar-refractivity contribution in [3.05, 3.63) is 94.8 Å². The summed E-state index contributed by atoms with van der Waals surface area (Å²) in [4.78, 5) is 17.9. The minimum Gasteiger partial charge on any atom is -0.462 e. The maximum absolute atomic E-state index is 12.2. The van der Waals surface area contributed by atoms with Crippen molar-refractivity contribution in [2.24, 2.45) is 0 Å². The number of aromatic nitrogens is 4. The molecule has 0 radical (unpaired) electrons. The van der Waals surface area contributed by atoms with Crippen LogP contribution in [0.15, 0.2) is 78.0 Å². The number of carbonyl (C=O) groups excluding carboxylic acids is 1. The van der Waals surface area contributed by atoms with Gasteiger partial charge >= 0.3 is 5.97 Å². The molecule has 0 aliphatic heterocycles. The number of fused-ring (bicyclic) bond motifs is 1. The topological polar surface area (TPSA) is 104 Å². The molecule has 0 saturated carbocycles. The Kier molecular flexibility index (Phi) is 9.56. The molecule has 0 fully saturated rings. The first-order chi connectivity index (χ1) is 20.5. The van der Waals surface area contributed by atoms with Crippen LogP contribution in [0.2, 0.25) is 5.02 Å². The third-order valence-electron chi connectivity index (χ3n) is 6.44. The van der Waals surface area contributed by atoms with Gasteiger partial charge in [-0.3, -0.25) is 4.57 Å². The lowest BCUT2D eigenvalue weighted by molar-refractivity contribution is 0.0356. The fourth-order valence-corrected chi connectivity index (χ4v) is 5.58. The van der Waals surface area contributed by atoms with Gasteiger partial charge in [-0.05, 0) is 41.8 Å². The van der Waals surface area contributed by atoms with Crippen LogP contribution in [0.4, 0.5) is 0 Å². The van der Waals surface area contributed by atoms with Gasteiger partial charge in [0.25, 0.3) is 0 Å². The number of esters is 1. The highest BCUT2D eigenvalue weighted by Crippen LogP contribution is 2.35. The summed E-state index contributed by atoms with van der Waals surface area (Å²) < 4.78 is 19.4. The van der Waals surface area contributed by atoms with Crippen molar-refractivity contribution in [1.29, 1.82) is 5.26 Å². The van der Waals surface area contributed by atoms with E-state index in [0.717, 1.165) is 27.1 Å². The fraction of sp³-hybridized carbons (Fsp3) is 0.226. The van der Waals surface area contributed by atoms with Crippen molar-refractivity contribution < 1.29 is 19.0 Å². The molecule has 2 aromatic heterocycles. The van der Waals surface area contributed by atoms with Crippen LogP contribution in [0.25, 0.3) is 28.1 Å². The summed E-state index contributed by atoms with van der Waals surface area (Å²) in [6, 6.07) is 21.8. The molecule has 0 unspecified atom stereocenters. The number of benzene rings is 3.